The third-order valence-electron chi connectivity index (χ3n) is 5.42. The molecule has 0 bridgehead atoms. The fourth-order valence-corrected chi connectivity index (χ4v) is 3.63. The van der Waals surface area contributed by atoms with Crippen LogP contribution in [0.5, 0.6) is 0 Å². The average molecular weight is 442 g/mol. The Balaban J connectivity index is 1.77. The molecule has 0 aliphatic carbocycles. The lowest BCUT2D eigenvalue weighted by molar-refractivity contribution is -0.385. The molecule has 4 amide bonds. The summed E-state index contributed by atoms with van der Waals surface area (Å²) in [6, 6.07) is 9.89. The van der Waals surface area contributed by atoms with Crippen LogP contribution in [-0.2, 0) is 15.1 Å². The summed E-state index contributed by atoms with van der Waals surface area (Å²) in [5, 5.41) is 16.4. The second-order valence-electron chi connectivity index (χ2n) is 8.09. The maximum Gasteiger partial charge on any atom is 0.325 e. The molecule has 9 nitrogen and oxygen atoms in total. The van der Waals surface area contributed by atoms with Crippen molar-refractivity contribution in [3.05, 3.63) is 75.6 Å². The SMILES string of the molecule is CC(C)C(NC(=O)CN1C(=O)NC(C)(c2cccc([N+](=O)[O-])c2)C1=O)c1ccc(F)cc1. The van der Waals surface area contributed by atoms with Gasteiger partial charge in [-0.05, 0) is 36.1 Å². The number of carbonyl (C=O) groups excluding carboxylic acids is 3. The summed E-state index contributed by atoms with van der Waals surface area (Å²) in [4.78, 5) is 49.5. The van der Waals surface area contributed by atoms with Crippen LogP contribution in [0.2, 0.25) is 0 Å². The summed E-state index contributed by atoms with van der Waals surface area (Å²) in [5.41, 5.74) is -0.841. The van der Waals surface area contributed by atoms with Crippen molar-refractivity contribution in [3.8, 4) is 0 Å². The topological polar surface area (TPSA) is 122 Å². The Hall–Kier alpha value is -3.82. The van der Waals surface area contributed by atoms with Gasteiger partial charge in [0.1, 0.15) is 17.9 Å². The van der Waals surface area contributed by atoms with E-state index in [4.69, 9.17) is 0 Å². The van der Waals surface area contributed by atoms with Gasteiger partial charge in [-0.25, -0.2) is 9.18 Å². The molecule has 10 heteroatoms. The predicted molar refractivity (Wildman–Crippen MR) is 113 cm³/mol. The zero-order valence-corrected chi connectivity index (χ0v) is 17.8. The molecule has 2 unspecified atom stereocenters. The number of hydrogen-bond acceptors (Lipinski definition) is 5. The van der Waals surface area contributed by atoms with Crippen molar-refractivity contribution in [2.45, 2.75) is 32.4 Å². The number of nitrogens with zero attached hydrogens (tertiary/aromatic N) is 2. The van der Waals surface area contributed by atoms with Crippen LogP contribution < -0.4 is 10.6 Å². The van der Waals surface area contributed by atoms with E-state index in [1.54, 1.807) is 12.1 Å². The van der Waals surface area contributed by atoms with Gasteiger partial charge in [0.05, 0.1) is 11.0 Å². The predicted octanol–water partition coefficient (Wildman–Crippen LogP) is 3.01. The quantitative estimate of drug-likeness (QED) is 0.388. The van der Waals surface area contributed by atoms with E-state index in [1.165, 1.54) is 43.3 Å². The van der Waals surface area contributed by atoms with Gasteiger partial charge in [0.25, 0.3) is 11.6 Å². The van der Waals surface area contributed by atoms with E-state index in [9.17, 15) is 28.9 Å². The molecular weight excluding hydrogens is 419 g/mol. The van der Waals surface area contributed by atoms with Crippen LogP contribution in [0.1, 0.15) is 37.9 Å². The largest absolute Gasteiger partial charge is 0.347 e. The molecule has 2 N–H and O–H groups in total. The number of rotatable bonds is 7. The minimum absolute atomic E-state index is 0.0392. The summed E-state index contributed by atoms with van der Waals surface area (Å²) < 4.78 is 13.2. The highest BCUT2D eigenvalue weighted by molar-refractivity contribution is 6.09. The summed E-state index contributed by atoms with van der Waals surface area (Å²) >= 11 is 0. The molecule has 0 aromatic heterocycles. The van der Waals surface area contributed by atoms with Crippen LogP contribution in [0.25, 0.3) is 0 Å². The molecule has 3 rings (SSSR count). The van der Waals surface area contributed by atoms with Gasteiger partial charge in [0, 0.05) is 12.1 Å². The van der Waals surface area contributed by atoms with Gasteiger partial charge >= 0.3 is 6.03 Å². The summed E-state index contributed by atoms with van der Waals surface area (Å²) in [7, 11) is 0. The second-order valence-corrected chi connectivity index (χ2v) is 8.09. The average Bonchev–Trinajstić information content (AvgIpc) is 2.96. The van der Waals surface area contributed by atoms with Crippen LogP contribution in [0.15, 0.2) is 48.5 Å². The Bertz CT molecular complexity index is 1070. The highest BCUT2D eigenvalue weighted by Crippen LogP contribution is 2.31. The van der Waals surface area contributed by atoms with Crippen molar-refractivity contribution >= 4 is 23.5 Å². The van der Waals surface area contributed by atoms with Gasteiger partial charge in [0.2, 0.25) is 5.91 Å². The normalized spacial score (nSPS) is 19.1. The number of imide groups is 1. The fourth-order valence-electron chi connectivity index (χ4n) is 3.63. The number of amides is 4. The first kappa shape index (κ1) is 22.9. The molecule has 0 saturated carbocycles. The third-order valence-corrected chi connectivity index (χ3v) is 5.42. The number of carbonyl (C=O) groups is 3. The highest BCUT2D eigenvalue weighted by atomic mass is 19.1. The zero-order chi connectivity index (χ0) is 23.6. The first-order valence-corrected chi connectivity index (χ1v) is 9.97. The standard InChI is InChI=1S/C22H23FN4O5/c1-13(2)19(14-7-9-16(23)10-8-14)24-18(28)12-26-20(29)22(3,25-21(26)30)15-5-4-6-17(11-15)27(31)32/h4-11,13,19H,12H2,1-3H3,(H,24,28)(H,25,30). The van der Waals surface area contributed by atoms with Gasteiger partial charge in [0.15, 0.2) is 0 Å². The van der Waals surface area contributed by atoms with Gasteiger partial charge in [-0.1, -0.05) is 38.1 Å². The fraction of sp³-hybridized carbons (Fsp3) is 0.318. The van der Waals surface area contributed by atoms with Crippen molar-refractivity contribution in [1.82, 2.24) is 15.5 Å². The number of benzene rings is 2. The van der Waals surface area contributed by atoms with Crippen molar-refractivity contribution in [3.63, 3.8) is 0 Å². The molecule has 1 saturated heterocycles. The van der Waals surface area contributed by atoms with Gasteiger partial charge in [-0.3, -0.25) is 24.6 Å². The molecule has 0 radical (unpaired) electrons. The Morgan fingerprint density at radius 1 is 1.22 bits per heavy atom. The monoisotopic (exact) mass is 442 g/mol. The van der Waals surface area contributed by atoms with E-state index in [1.807, 2.05) is 13.8 Å². The molecule has 1 fully saturated rings. The van der Waals surface area contributed by atoms with Crippen LogP contribution in [0.3, 0.4) is 0 Å². The van der Waals surface area contributed by atoms with Crippen molar-refractivity contribution in [2.24, 2.45) is 5.92 Å². The minimum atomic E-state index is -1.54. The number of nitro groups is 1. The van der Waals surface area contributed by atoms with Gasteiger partial charge in [-0.15, -0.1) is 0 Å². The van der Waals surface area contributed by atoms with Crippen molar-refractivity contribution in [2.75, 3.05) is 6.54 Å². The molecule has 1 heterocycles. The minimum Gasteiger partial charge on any atom is -0.347 e. The van der Waals surface area contributed by atoms with Gasteiger partial charge in [-0.2, -0.15) is 0 Å². The molecule has 1 aliphatic rings. The summed E-state index contributed by atoms with van der Waals surface area (Å²) in [6.07, 6.45) is 0. The zero-order valence-electron chi connectivity index (χ0n) is 17.8. The molecule has 1 aliphatic heterocycles. The van der Waals surface area contributed by atoms with E-state index in [2.05, 4.69) is 10.6 Å². The smallest absolute Gasteiger partial charge is 0.325 e. The van der Waals surface area contributed by atoms with Crippen LogP contribution in [-0.4, -0.2) is 34.2 Å². The van der Waals surface area contributed by atoms with Crippen molar-refractivity contribution < 1.29 is 23.7 Å². The first-order chi connectivity index (χ1) is 15.0. The van der Waals surface area contributed by atoms with Crippen LogP contribution >= 0.6 is 0 Å². The van der Waals surface area contributed by atoms with E-state index < -0.39 is 46.7 Å². The Kier molecular flexibility index (Phi) is 6.24. The lowest BCUT2D eigenvalue weighted by atomic mass is 9.91. The number of nitrogens with one attached hydrogen (secondary N) is 2. The molecule has 168 valence electrons. The molecule has 0 spiro atoms. The Morgan fingerprint density at radius 3 is 2.47 bits per heavy atom. The van der Waals surface area contributed by atoms with E-state index in [-0.39, 0.29) is 17.2 Å². The third kappa shape index (κ3) is 4.43. The Labute approximate surface area is 183 Å². The van der Waals surface area contributed by atoms with Crippen molar-refractivity contribution in [1.29, 1.82) is 0 Å². The lowest BCUT2D eigenvalue weighted by Gasteiger charge is -2.25. The maximum atomic E-state index is 13.2. The number of nitro benzene ring substituents is 1. The second kappa shape index (κ2) is 8.74. The van der Waals surface area contributed by atoms with Gasteiger partial charge < -0.3 is 10.6 Å². The number of halogens is 1. The van der Waals surface area contributed by atoms with E-state index in [0.29, 0.717) is 5.56 Å². The van der Waals surface area contributed by atoms with E-state index in [0.717, 1.165) is 4.90 Å². The van der Waals surface area contributed by atoms with Crippen LogP contribution in [0.4, 0.5) is 14.9 Å². The number of non-ortho nitro benzene ring substituents is 1. The lowest BCUT2D eigenvalue weighted by Crippen LogP contribution is -2.44. The summed E-state index contributed by atoms with van der Waals surface area (Å²) in [5.74, 6) is -1.70. The molecular formula is C22H23FN4O5. The van der Waals surface area contributed by atoms with Crippen LogP contribution in [0, 0.1) is 21.8 Å². The highest BCUT2D eigenvalue weighted by Gasteiger charge is 2.50. The molecule has 2 aromatic rings. The molecule has 2 aromatic carbocycles. The molecule has 2 atom stereocenters. The summed E-state index contributed by atoms with van der Waals surface area (Å²) in [6.45, 7) is 4.65. The maximum absolute atomic E-state index is 13.2. The Morgan fingerprint density at radius 2 is 1.88 bits per heavy atom. The van der Waals surface area contributed by atoms with E-state index >= 15 is 0 Å². The number of hydrogen-bond donors (Lipinski definition) is 2. The molecule has 32 heavy (non-hydrogen) atoms. The number of urea groups is 1. The first-order valence-electron chi connectivity index (χ1n) is 9.97.